The Labute approximate surface area is 132 Å². The lowest BCUT2D eigenvalue weighted by Gasteiger charge is -2.29. The Morgan fingerprint density at radius 1 is 0.864 bits per heavy atom. The van der Waals surface area contributed by atoms with E-state index in [2.05, 4.69) is 0 Å². The third-order valence-electron chi connectivity index (χ3n) is 3.53. The molecular weight excluding hydrogens is 318 g/mol. The largest absolute Gasteiger partial charge is 0.340 e. The van der Waals surface area contributed by atoms with Gasteiger partial charge < -0.3 is 5.73 Å². The van der Waals surface area contributed by atoms with Gasteiger partial charge in [-0.15, -0.1) is 12.4 Å². The molecular formula is C16H16ClF4N. The highest BCUT2D eigenvalue weighted by molar-refractivity contribution is 5.85. The lowest BCUT2D eigenvalue weighted by molar-refractivity contribution is -0.224. The SMILES string of the molecule is Cc1c(CN)cccc1C(F)(F)C(F)(F)c1ccccc1.Cl. The number of benzene rings is 2. The van der Waals surface area contributed by atoms with Crippen molar-refractivity contribution in [3.8, 4) is 0 Å². The summed E-state index contributed by atoms with van der Waals surface area (Å²) in [5, 5.41) is 0. The van der Waals surface area contributed by atoms with Crippen LogP contribution in [0.15, 0.2) is 48.5 Å². The number of hydrogen-bond acceptors (Lipinski definition) is 1. The maximum atomic E-state index is 14.4. The van der Waals surface area contributed by atoms with Crippen molar-refractivity contribution in [1.82, 2.24) is 0 Å². The Kier molecular flexibility index (Phi) is 5.59. The fourth-order valence-electron chi connectivity index (χ4n) is 2.24. The molecule has 0 saturated carbocycles. The first-order chi connectivity index (χ1) is 9.82. The van der Waals surface area contributed by atoms with Crippen LogP contribution in [0.25, 0.3) is 0 Å². The molecule has 0 saturated heterocycles. The third-order valence-corrected chi connectivity index (χ3v) is 3.53. The normalized spacial score (nSPS) is 11.9. The van der Waals surface area contributed by atoms with Crippen molar-refractivity contribution in [2.75, 3.05) is 0 Å². The quantitative estimate of drug-likeness (QED) is 0.802. The first kappa shape index (κ1) is 18.5. The van der Waals surface area contributed by atoms with Gasteiger partial charge in [0, 0.05) is 17.7 Å². The standard InChI is InChI=1S/C16H15F4N.ClH/c1-11-12(10-21)6-5-9-14(11)16(19,20)15(17,18)13-7-3-2-4-8-13;/h2-9H,10,21H2,1H3;1H. The number of alkyl halides is 4. The first-order valence-electron chi connectivity index (χ1n) is 6.42. The predicted octanol–water partition coefficient (Wildman–Crippen LogP) is 4.76. The molecule has 6 heteroatoms. The fourth-order valence-corrected chi connectivity index (χ4v) is 2.24. The lowest BCUT2D eigenvalue weighted by Crippen LogP contribution is -2.36. The van der Waals surface area contributed by atoms with Gasteiger partial charge in [-0.05, 0) is 18.1 Å². The van der Waals surface area contributed by atoms with Crippen LogP contribution in [0.3, 0.4) is 0 Å². The van der Waals surface area contributed by atoms with Crippen molar-refractivity contribution in [2.45, 2.75) is 25.3 Å². The summed E-state index contributed by atoms with van der Waals surface area (Å²) in [6.07, 6.45) is 0. The second kappa shape index (κ2) is 6.67. The number of rotatable bonds is 4. The molecule has 0 aliphatic heterocycles. The van der Waals surface area contributed by atoms with E-state index in [1.54, 1.807) is 6.07 Å². The van der Waals surface area contributed by atoms with Crippen LogP contribution in [-0.2, 0) is 18.4 Å². The molecule has 0 unspecified atom stereocenters. The van der Waals surface area contributed by atoms with E-state index in [0.29, 0.717) is 5.56 Å². The molecule has 0 heterocycles. The van der Waals surface area contributed by atoms with Crippen LogP contribution >= 0.6 is 12.4 Å². The van der Waals surface area contributed by atoms with E-state index in [1.165, 1.54) is 31.2 Å². The van der Waals surface area contributed by atoms with Gasteiger partial charge in [0.1, 0.15) is 0 Å². The average molecular weight is 334 g/mol. The molecule has 0 spiro atoms. The maximum absolute atomic E-state index is 14.4. The smallest absolute Gasteiger partial charge is 0.326 e. The molecule has 2 aromatic carbocycles. The van der Waals surface area contributed by atoms with Crippen LogP contribution in [-0.4, -0.2) is 0 Å². The van der Waals surface area contributed by atoms with Crippen molar-refractivity contribution >= 4 is 12.4 Å². The van der Waals surface area contributed by atoms with Crippen LogP contribution in [0.5, 0.6) is 0 Å². The summed E-state index contributed by atoms with van der Waals surface area (Å²) in [4.78, 5) is 0. The van der Waals surface area contributed by atoms with Gasteiger partial charge in [-0.3, -0.25) is 0 Å². The van der Waals surface area contributed by atoms with E-state index in [1.807, 2.05) is 0 Å². The Bertz CT molecular complexity index is 629. The van der Waals surface area contributed by atoms with E-state index >= 15 is 0 Å². The van der Waals surface area contributed by atoms with Gasteiger partial charge in [0.2, 0.25) is 0 Å². The molecule has 0 aromatic heterocycles. The van der Waals surface area contributed by atoms with Crippen molar-refractivity contribution in [3.05, 3.63) is 70.8 Å². The molecule has 0 bridgehead atoms. The number of nitrogens with two attached hydrogens (primary N) is 1. The maximum Gasteiger partial charge on any atom is 0.340 e. The first-order valence-corrected chi connectivity index (χ1v) is 6.42. The van der Waals surface area contributed by atoms with Crippen molar-refractivity contribution in [3.63, 3.8) is 0 Å². The molecule has 2 N–H and O–H groups in total. The molecule has 1 nitrogen and oxygen atoms in total. The lowest BCUT2D eigenvalue weighted by atomic mass is 9.91. The minimum atomic E-state index is -4.32. The highest BCUT2D eigenvalue weighted by atomic mass is 35.5. The van der Waals surface area contributed by atoms with Gasteiger partial charge in [0.25, 0.3) is 0 Å². The Hall–Kier alpha value is -1.59. The van der Waals surface area contributed by atoms with E-state index in [0.717, 1.165) is 18.2 Å². The topological polar surface area (TPSA) is 26.0 Å². The summed E-state index contributed by atoms with van der Waals surface area (Å²) < 4.78 is 57.3. The Balaban J connectivity index is 0.00000242. The van der Waals surface area contributed by atoms with Gasteiger partial charge in [0.15, 0.2) is 0 Å². The summed E-state index contributed by atoms with van der Waals surface area (Å²) in [6, 6.07) is 10.00. The minimum Gasteiger partial charge on any atom is -0.326 e. The van der Waals surface area contributed by atoms with Gasteiger partial charge in [-0.2, -0.15) is 17.6 Å². The van der Waals surface area contributed by atoms with E-state index < -0.39 is 23.0 Å². The number of halogens is 5. The van der Waals surface area contributed by atoms with E-state index in [-0.39, 0.29) is 24.5 Å². The molecule has 0 aliphatic rings. The van der Waals surface area contributed by atoms with Gasteiger partial charge >= 0.3 is 11.8 Å². The zero-order valence-corrected chi connectivity index (χ0v) is 12.6. The van der Waals surface area contributed by atoms with Crippen molar-refractivity contribution in [1.29, 1.82) is 0 Å². The molecule has 120 valence electrons. The van der Waals surface area contributed by atoms with Crippen LogP contribution in [0.1, 0.15) is 22.3 Å². The molecule has 22 heavy (non-hydrogen) atoms. The molecule has 0 atom stereocenters. The van der Waals surface area contributed by atoms with Crippen LogP contribution in [0, 0.1) is 6.92 Å². The van der Waals surface area contributed by atoms with Crippen LogP contribution < -0.4 is 5.73 Å². The summed E-state index contributed by atoms with van der Waals surface area (Å²) in [6.45, 7) is 1.40. The second-order valence-electron chi connectivity index (χ2n) is 4.81. The van der Waals surface area contributed by atoms with Crippen molar-refractivity contribution < 1.29 is 17.6 Å². The Morgan fingerprint density at radius 3 is 2.00 bits per heavy atom. The van der Waals surface area contributed by atoms with Crippen molar-refractivity contribution in [2.24, 2.45) is 5.73 Å². The van der Waals surface area contributed by atoms with Crippen LogP contribution in [0.2, 0.25) is 0 Å². The van der Waals surface area contributed by atoms with Gasteiger partial charge in [0.05, 0.1) is 0 Å². The summed E-state index contributed by atoms with van der Waals surface area (Å²) in [5.41, 5.74) is 4.56. The second-order valence-corrected chi connectivity index (χ2v) is 4.81. The molecule has 0 radical (unpaired) electrons. The number of hydrogen-bond donors (Lipinski definition) is 1. The predicted molar refractivity (Wildman–Crippen MR) is 80.5 cm³/mol. The van der Waals surface area contributed by atoms with Gasteiger partial charge in [-0.1, -0.05) is 48.5 Å². The zero-order chi connectivity index (χ0) is 15.7. The average Bonchev–Trinajstić information content (AvgIpc) is 2.48. The molecule has 0 fully saturated rings. The summed E-state index contributed by atoms with van der Waals surface area (Å²) in [5.74, 6) is -8.62. The monoisotopic (exact) mass is 333 g/mol. The molecule has 2 aromatic rings. The molecule has 0 amide bonds. The highest BCUT2D eigenvalue weighted by Gasteiger charge is 2.58. The third kappa shape index (κ3) is 2.96. The highest BCUT2D eigenvalue weighted by Crippen LogP contribution is 2.50. The molecule has 2 rings (SSSR count). The summed E-state index contributed by atoms with van der Waals surface area (Å²) >= 11 is 0. The van der Waals surface area contributed by atoms with E-state index in [9.17, 15) is 17.6 Å². The van der Waals surface area contributed by atoms with E-state index in [4.69, 9.17) is 5.73 Å². The minimum absolute atomic E-state index is 0. The zero-order valence-electron chi connectivity index (χ0n) is 11.8. The van der Waals surface area contributed by atoms with Crippen LogP contribution in [0.4, 0.5) is 17.6 Å². The fraction of sp³-hybridized carbons (Fsp3) is 0.250. The Morgan fingerprint density at radius 2 is 1.45 bits per heavy atom. The van der Waals surface area contributed by atoms with Gasteiger partial charge in [-0.25, -0.2) is 0 Å². The molecule has 0 aliphatic carbocycles. The summed E-state index contributed by atoms with van der Waals surface area (Å²) in [7, 11) is 0.